The maximum atomic E-state index is 11.1. The molecule has 0 spiro atoms. The van der Waals surface area contributed by atoms with Gasteiger partial charge >= 0.3 is 0 Å². The Balaban J connectivity index is 1.77. The van der Waals surface area contributed by atoms with E-state index in [4.69, 9.17) is 4.74 Å². The molecule has 1 aromatic carbocycles. The molecule has 0 saturated carbocycles. The van der Waals surface area contributed by atoms with Crippen LogP contribution in [0, 0.1) is 0 Å². The Kier molecular flexibility index (Phi) is 2.86. The molecular formula is C14H18N2O2. The second-order valence-electron chi connectivity index (χ2n) is 4.98. The van der Waals surface area contributed by atoms with E-state index in [0.717, 1.165) is 38.3 Å². The van der Waals surface area contributed by atoms with Gasteiger partial charge in [-0.05, 0) is 18.6 Å². The number of ether oxygens (including phenoxy) is 1. The molecule has 0 bridgehead atoms. The molecule has 4 nitrogen and oxygen atoms in total. The Labute approximate surface area is 107 Å². The number of amides is 1. The number of hydrogen-bond donors (Lipinski definition) is 1. The van der Waals surface area contributed by atoms with E-state index in [1.807, 2.05) is 12.1 Å². The highest BCUT2D eigenvalue weighted by atomic mass is 16.5. The van der Waals surface area contributed by atoms with Gasteiger partial charge in [-0.15, -0.1) is 0 Å². The maximum Gasteiger partial charge on any atom is 0.217 e. The van der Waals surface area contributed by atoms with E-state index in [2.05, 4.69) is 16.3 Å². The highest BCUT2D eigenvalue weighted by Gasteiger charge is 2.26. The minimum absolute atomic E-state index is 0.0588. The molecule has 1 fully saturated rings. The summed E-state index contributed by atoms with van der Waals surface area (Å²) in [7, 11) is 0. The fourth-order valence-corrected chi connectivity index (χ4v) is 2.88. The highest BCUT2D eigenvalue weighted by molar-refractivity contribution is 5.73. The fraction of sp³-hybridized carbons (Fsp3) is 0.500. The summed E-state index contributed by atoms with van der Waals surface area (Å²) >= 11 is 0. The molecule has 0 aliphatic carbocycles. The van der Waals surface area contributed by atoms with Gasteiger partial charge in [-0.1, -0.05) is 6.07 Å². The van der Waals surface area contributed by atoms with Crippen LogP contribution in [0.3, 0.4) is 0 Å². The molecular weight excluding hydrogens is 228 g/mol. The topological polar surface area (TPSA) is 41.6 Å². The highest BCUT2D eigenvalue weighted by Crippen LogP contribution is 2.35. The lowest BCUT2D eigenvalue weighted by Crippen LogP contribution is -2.35. The Morgan fingerprint density at radius 1 is 1.50 bits per heavy atom. The second kappa shape index (κ2) is 4.52. The minimum Gasteiger partial charge on any atom is -0.493 e. The minimum atomic E-state index is 0.0588. The number of carbonyl (C=O) groups is 1. The van der Waals surface area contributed by atoms with Crippen LogP contribution in [0.4, 0.5) is 5.69 Å². The normalized spacial score (nSPS) is 21.6. The van der Waals surface area contributed by atoms with Crippen molar-refractivity contribution >= 4 is 11.6 Å². The first-order chi connectivity index (χ1) is 8.74. The number of carbonyl (C=O) groups excluding carboxylic acids is 1. The van der Waals surface area contributed by atoms with Crippen molar-refractivity contribution in [2.75, 3.05) is 24.6 Å². The molecule has 1 aromatic rings. The zero-order valence-corrected chi connectivity index (χ0v) is 10.6. The van der Waals surface area contributed by atoms with E-state index in [1.54, 1.807) is 6.92 Å². The second-order valence-corrected chi connectivity index (χ2v) is 4.98. The smallest absolute Gasteiger partial charge is 0.217 e. The fourth-order valence-electron chi connectivity index (χ4n) is 2.88. The molecule has 2 aliphatic heterocycles. The van der Waals surface area contributed by atoms with Crippen LogP contribution < -0.4 is 15.0 Å². The number of nitrogens with one attached hydrogen (secondary N) is 1. The monoisotopic (exact) mass is 246 g/mol. The van der Waals surface area contributed by atoms with E-state index >= 15 is 0 Å². The SMILES string of the molecule is CC(=O)N[C@H]1CCN(c2cccc3c2CCO3)C1. The van der Waals surface area contributed by atoms with Gasteiger partial charge in [-0.2, -0.15) is 0 Å². The van der Waals surface area contributed by atoms with Crippen molar-refractivity contribution in [1.82, 2.24) is 5.32 Å². The van der Waals surface area contributed by atoms with Crippen LogP contribution in [0.1, 0.15) is 18.9 Å². The number of nitrogens with zero attached hydrogens (tertiary/aromatic N) is 1. The summed E-state index contributed by atoms with van der Waals surface area (Å²) < 4.78 is 5.59. The molecule has 1 saturated heterocycles. The summed E-state index contributed by atoms with van der Waals surface area (Å²) in [6.45, 7) is 4.27. The van der Waals surface area contributed by atoms with Gasteiger partial charge in [0.1, 0.15) is 5.75 Å². The van der Waals surface area contributed by atoms with Crippen LogP contribution in [0.2, 0.25) is 0 Å². The Morgan fingerprint density at radius 2 is 2.39 bits per heavy atom. The first-order valence-electron chi connectivity index (χ1n) is 6.51. The van der Waals surface area contributed by atoms with Crippen LogP contribution in [0.5, 0.6) is 5.75 Å². The summed E-state index contributed by atoms with van der Waals surface area (Å²) in [5, 5.41) is 3.00. The van der Waals surface area contributed by atoms with Crippen molar-refractivity contribution in [3.63, 3.8) is 0 Å². The first-order valence-corrected chi connectivity index (χ1v) is 6.51. The van der Waals surface area contributed by atoms with Crippen molar-refractivity contribution in [2.24, 2.45) is 0 Å². The maximum absolute atomic E-state index is 11.1. The third-order valence-corrected chi connectivity index (χ3v) is 3.65. The van der Waals surface area contributed by atoms with Crippen LogP contribution >= 0.6 is 0 Å². The average Bonchev–Trinajstić information content (AvgIpc) is 2.95. The van der Waals surface area contributed by atoms with Crippen LogP contribution in [0.25, 0.3) is 0 Å². The Bertz CT molecular complexity index is 473. The third-order valence-electron chi connectivity index (χ3n) is 3.65. The van der Waals surface area contributed by atoms with Gasteiger partial charge in [0.15, 0.2) is 0 Å². The molecule has 1 amide bonds. The van der Waals surface area contributed by atoms with Gasteiger partial charge in [-0.3, -0.25) is 4.79 Å². The molecule has 0 radical (unpaired) electrons. The van der Waals surface area contributed by atoms with E-state index in [9.17, 15) is 4.79 Å². The van der Waals surface area contributed by atoms with E-state index in [0.29, 0.717) is 0 Å². The van der Waals surface area contributed by atoms with Gasteiger partial charge in [0.2, 0.25) is 5.91 Å². The lowest BCUT2D eigenvalue weighted by Gasteiger charge is -2.21. The zero-order valence-electron chi connectivity index (χ0n) is 10.6. The summed E-state index contributed by atoms with van der Waals surface area (Å²) in [5.74, 6) is 1.08. The van der Waals surface area contributed by atoms with Gasteiger partial charge in [0.05, 0.1) is 6.61 Å². The molecule has 0 unspecified atom stereocenters. The molecule has 2 aliphatic rings. The molecule has 3 rings (SSSR count). The number of fused-ring (bicyclic) bond motifs is 1. The zero-order chi connectivity index (χ0) is 12.5. The van der Waals surface area contributed by atoms with E-state index in [-0.39, 0.29) is 11.9 Å². The third kappa shape index (κ3) is 2.03. The average molecular weight is 246 g/mol. The predicted octanol–water partition coefficient (Wildman–Crippen LogP) is 1.34. The molecule has 1 N–H and O–H groups in total. The molecule has 18 heavy (non-hydrogen) atoms. The van der Waals surface area contributed by atoms with Crippen molar-refractivity contribution in [2.45, 2.75) is 25.8 Å². The Hall–Kier alpha value is -1.71. The lowest BCUT2D eigenvalue weighted by atomic mass is 10.1. The number of anilines is 1. The van der Waals surface area contributed by atoms with Gasteiger partial charge in [-0.25, -0.2) is 0 Å². The molecule has 1 atom stereocenters. The van der Waals surface area contributed by atoms with Crippen molar-refractivity contribution in [3.05, 3.63) is 23.8 Å². The number of benzene rings is 1. The standard InChI is InChI=1S/C14H18N2O2/c1-10(17)15-11-5-7-16(9-11)13-3-2-4-14-12(13)6-8-18-14/h2-4,11H,5-9H2,1H3,(H,15,17)/t11-/m0/s1. The van der Waals surface area contributed by atoms with Crippen molar-refractivity contribution in [3.8, 4) is 5.75 Å². The summed E-state index contributed by atoms with van der Waals surface area (Å²) in [4.78, 5) is 13.4. The lowest BCUT2D eigenvalue weighted by molar-refractivity contribution is -0.119. The summed E-state index contributed by atoms with van der Waals surface area (Å²) in [6, 6.07) is 6.52. The molecule has 2 heterocycles. The van der Waals surface area contributed by atoms with E-state index < -0.39 is 0 Å². The largest absolute Gasteiger partial charge is 0.493 e. The van der Waals surface area contributed by atoms with E-state index in [1.165, 1.54) is 11.3 Å². The van der Waals surface area contributed by atoms with Crippen LogP contribution in [-0.2, 0) is 11.2 Å². The van der Waals surface area contributed by atoms with Gasteiger partial charge in [0, 0.05) is 43.7 Å². The van der Waals surface area contributed by atoms with Crippen molar-refractivity contribution in [1.29, 1.82) is 0 Å². The van der Waals surface area contributed by atoms with Gasteiger partial charge in [0.25, 0.3) is 0 Å². The van der Waals surface area contributed by atoms with Crippen LogP contribution in [0.15, 0.2) is 18.2 Å². The van der Waals surface area contributed by atoms with Crippen LogP contribution in [-0.4, -0.2) is 31.6 Å². The first kappa shape index (κ1) is 11.4. The number of rotatable bonds is 2. The summed E-state index contributed by atoms with van der Waals surface area (Å²) in [5.41, 5.74) is 2.60. The molecule has 0 aromatic heterocycles. The number of hydrogen-bond acceptors (Lipinski definition) is 3. The van der Waals surface area contributed by atoms with Crippen molar-refractivity contribution < 1.29 is 9.53 Å². The van der Waals surface area contributed by atoms with Gasteiger partial charge < -0.3 is 15.0 Å². The molecule has 96 valence electrons. The summed E-state index contributed by atoms with van der Waals surface area (Å²) in [6.07, 6.45) is 2.01. The molecule has 4 heteroatoms. The quantitative estimate of drug-likeness (QED) is 0.856. The predicted molar refractivity (Wildman–Crippen MR) is 70.1 cm³/mol. The Morgan fingerprint density at radius 3 is 3.22 bits per heavy atom.